The lowest BCUT2D eigenvalue weighted by Crippen LogP contribution is -1.93. The number of benzene rings is 1. The summed E-state index contributed by atoms with van der Waals surface area (Å²) < 4.78 is 12.6. The summed E-state index contributed by atoms with van der Waals surface area (Å²) in [6, 6.07) is 6.62. The van der Waals surface area contributed by atoms with Gasteiger partial charge in [0, 0.05) is 0 Å². The lowest BCUT2D eigenvalue weighted by Gasteiger charge is -2.06. The van der Waals surface area contributed by atoms with E-state index in [2.05, 4.69) is 6.07 Å². The van der Waals surface area contributed by atoms with Crippen molar-refractivity contribution in [1.82, 2.24) is 0 Å². The van der Waals surface area contributed by atoms with Gasteiger partial charge < -0.3 is 0 Å². The molecule has 0 saturated carbocycles. The molecule has 0 aromatic heterocycles. The zero-order valence-corrected chi connectivity index (χ0v) is 7.13. The molecule has 1 nitrogen and oxygen atoms in total. The van der Waals surface area contributed by atoms with Crippen LogP contribution in [0.1, 0.15) is 24.0 Å². The molecule has 0 amide bonds. The fourth-order valence-corrected chi connectivity index (χ4v) is 1.19. The second kappa shape index (κ2) is 3.36. The fourth-order valence-electron chi connectivity index (χ4n) is 1.19. The first-order valence-electron chi connectivity index (χ1n) is 3.81. The van der Waals surface area contributed by atoms with Crippen LogP contribution in [0, 0.1) is 24.1 Å². The molecule has 1 unspecified atom stereocenters. The van der Waals surface area contributed by atoms with E-state index < -0.39 is 0 Å². The summed E-state index contributed by atoms with van der Waals surface area (Å²) in [5.41, 5.74) is 1.74. The molecule has 1 aromatic rings. The molecule has 0 spiro atoms. The molecule has 2 heteroatoms. The predicted octanol–water partition coefficient (Wildman–Crippen LogP) is 2.76. The van der Waals surface area contributed by atoms with E-state index in [1.807, 2.05) is 6.92 Å². The summed E-state index contributed by atoms with van der Waals surface area (Å²) >= 11 is 0. The molecule has 0 saturated heterocycles. The number of hydrogen-bond acceptors (Lipinski definition) is 1. The molecule has 0 bridgehead atoms. The third kappa shape index (κ3) is 1.62. The van der Waals surface area contributed by atoms with Gasteiger partial charge in [0.2, 0.25) is 0 Å². The Balaban J connectivity index is 3.11. The van der Waals surface area contributed by atoms with E-state index in [0.717, 1.165) is 11.1 Å². The minimum absolute atomic E-state index is 0.161. The molecule has 62 valence electrons. The van der Waals surface area contributed by atoms with Crippen LogP contribution in [-0.2, 0) is 0 Å². The van der Waals surface area contributed by atoms with Gasteiger partial charge in [0.15, 0.2) is 0 Å². The van der Waals surface area contributed by atoms with Crippen LogP contribution in [0.25, 0.3) is 0 Å². The van der Waals surface area contributed by atoms with Crippen LogP contribution >= 0.6 is 0 Å². The van der Waals surface area contributed by atoms with E-state index in [1.165, 1.54) is 12.1 Å². The Kier molecular flexibility index (Phi) is 2.44. The Labute approximate surface area is 71.4 Å². The minimum atomic E-state index is -0.249. The van der Waals surface area contributed by atoms with E-state index in [1.54, 1.807) is 13.0 Å². The van der Waals surface area contributed by atoms with Crippen LogP contribution in [0.2, 0.25) is 0 Å². The highest BCUT2D eigenvalue weighted by molar-refractivity contribution is 5.32. The van der Waals surface area contributed by atoms with Crippen molar-refractivity contribution < 1.29 is 4.39 Å². The first-order chi connectivity index (χ1) is 5.65. The average molecular weight is 163 g/mol. The Morgan fingerprint density at radius 2 is 2.17 bits per heavy atom. The number of aryl methyl sites for hydroxylation is 1. The van der Waals surface area contributed by atoms with Crippen LogP contribution in [0.5, 0.6) is 0 Å². The second-order valence-electron chi connectivity index (χ2n) is 2.85. The van der Waals surface area contributed by atoms with Crippen LogP contribution in [0.4, 0.5) is 4.39 Å². The molecule has 0 radical (unpaired) electrons. The largest absolute Gasteiger partial charge is 0.207 e. The highest BCUT2D eigenvalue weighted by atomic mass is 19.1. The summed E-state index contributed by atoms with van der Waals surface area (Å²) in [6.45, 7) is 3.62. The van der Waals surface area contributed by atoms with E-state index >= 15 is 0 Å². The van der Waals surface area contributed by atoms with Crippen molar-refractivity contribution in [2.75, 3.05) is 0 Å². The molecule has 0 aliphatic heterocycles. The monoisotopic (exact) mass is 163 g/mol. The first kappa shape index (κ1) is 8.73. The van der Waals surface area contributed by atoms with E-state index in [0.29, 0.717) is 0 Å². The topological polar surface area (TPSA) is 23.8 Å². The molecular weight excluding hydrogens is 153 g/mol. The van der Waals surface area contributed by atoms with Gasteiger partial charge in [0.1, 0.15) is 5.82 Å². The standard InChI is InChI=1S/C10H10FN/c1-7-5-9(11)3-4-10(7)8(2)6-12/h3-5,8H,1-2H3. The highest BCUT2D eigenvalue weighted by Crippen LogP contribution is 2.19. The smallest absolute Gasteiger partial charge is 0.123 e. The normalized spacial score (nSPS) is 12.2. The van der Waals surface area contributed by atoms with Crippen LogP contribution < -0.4 is 0 Å². The van der Waals surface area contributed by atoms with Crippen LogP contribution in [0.3, 0.4) is 0 Å². The molecule has 0 fully saturated rings. The Bertz CT molecular complexity index is 325. The SMILES string of the molecule is Cc1cc(F)ccc1C(C)C#N. The maximum atomic E-state index is 12.6. The number of halogens is 1. The summed E-state index contributed by atoms with van der Waals surface area (Å²) in [4.78, 5) is 0. The lowest BCUT2D eigenvalue weighted by atomic mass is 9.98. The predicted molar refractivity (Wildman–Crippen MR) is 45.2 cm³/mol. The molecule has 1 aromatic carbocycles. The number of hydrogen-bond donors (Lipinski definition) is 0. The number of nitriles is 1. The molecule has 0 N–H and O–H groups in total. The van der Waals surface area contributed by atoms with Crippen molar-refractivity contribution in [3.8, 4) is 6.07 Å². The highest BCUT2D eigenvalue weighted by Gasteiger charge is 2.06. The lowest BCUT2D eigenvalue weighted by molar-refractivity contribution is 0.625. The number of nitrogens with zero attached hydrogens (tertiary/aromatic N) is 1. The van der Waals surface area contributed by atoms with E-state index in [-0.39, 0.29) is 11.7 Å². The van der Waals surface area contributed by atoms with Crippen molar-refractivity contribution in [3.05, 3.63) is 35.1 Å². The van der Waals surface area contributed by atoms with Gasteiger partial charge in [-0.25, -0.2) is 4.39 Å². The molecule has 0 heterocycles. The number of rotatable bonds is 1. The Morgan fingerprint density at radius 1 is 1.50 bits per heavy atom. The van der Waals surface area contributed by atoms with E-state index in [4.69, 9.17) is 5.26 Å². The summed E-state index contributed by atoms with van der Waals surface area (Å²) in [5, 5.41) is 8.64. The Hall–Kier alpha value is -1.36. The van der Waals surface area contributed by atoms with Crippen molar-refractivity contribution in [2.45, 2.75) is 19.8 Å². The van der Waals surface area contributed by atoms with Crippen LogP contribution in [-0.4, -0.2) is 0 Å². The molecule has 1 rings (SSSR count). The van der Waals surface area contributed by atoms with Gasteiger partial charge in [-0.2, -0.15) is 5.26 Å². The quantitative estimate of drug-likeness (QED) is 0.624. The second-order valence-corrected chi connectivity index (χ2v) is 2.85. The van der Waals surface area contributed by atoms with Gasteiger partial charge in [-0.1, -0.05) is 6.07 Å². The zero-order chi connectivity index (χ0) is 9.14. The summed E-state index contributed by atoms with van der Waals surface area (Å²) in [7, 11) is 0. The van der Waals surface area contributed by atoms with Crippen molar-refractivity contribution in [1.29, 1.82) is 5.26 Å². The van der Waals surface area contributed by atoms with Gasteiger partial charge in [0.25, 0.3) is 0 Å². The summed E-state index contributed by atoms with van der Waals surface area (Å²) in [6.07, 6.45) is 0. The molecule has 1 atom stereocenters. The van der Waals surface area contributed by atoms with Crippen molar-refractivity contribution >= 4 is 0 Å². The third-order valence-electron chi connectivity index (χ3n) is 1.89. The van der Waals surface area contributed by atoms with Gasteiger partial charge in [0.05, 0.1) is 12.0 Å². The van der Waals surface area contributed by atoms with Gasteiger partial charge in [-0.15, -0.1) is 0 Å². The maximum Gasteiger partial charge on any atom is 0.123 e. The maximum absolute atomic E-state index is 12.6. The molecule has 0 aliphatic rings. The minimum Gasteiger partial charge on any atom is -0.207 e. The van der Waals surface area contributed by atoms with Crippen LogP contribution in [0.15, 0.2) is 18.2 Å². The van der Waals surface area contributed by atoms with E-state index in [9.17, 15) is 4.39 Å². The van der Waals surface area contributed by atoms with Crippen molar-refractivity contribution in [2.24, 2.45) is 0 Å². The van der Waals surface area contributed by atoms with Gasteiger partial charge in [-0.3, -0.25) is 0 Å². The average Bonchev–Trinajstić information content (AvgIpc) is 2.03. The summed E-state index contributed by atoms with van der Waals surface area (Å²) in [5.74, 6) is -0.410. The Morgan fingerprint density at radius 3 is 2.67 bits per heavy atom. The molecule has 12 heavy (non-hydrogen) atoms. The van der Waals surface area contributed by atoms with Crippen molar-refractivity contribution in [3.63, 3.8) is 0 Å². The molecular formula is C10H10FN. The first-order valence-corrected chi connectivity index (χ1v) is 3.81. The van der Waals surface area contributed by atoms with Gasteiger partial charge >= 0.3 is 0 Å². The third-order valence-corrected chi connectivity index (χ3v) is 1.89. The fraction of sp³-hybridized carbons (Fsp3) is 0.300. The van der Waals surface area contributed by atoms with Gasteiger partial charge in [-0.05, 0) is 37.1 Å². The zero-order valence-electron chi connectivity index (χ0n) is 7.13. The molecule has 0 aliphatic carbocycles.